The average molecular weight is 267 g/mol. The molecule has 0 bridgehead atoms. The normalized spacial score (nSPS) is 16.9. The fourth-order valence-corrected chi connectivity index (χ4v) is 3.10. The molecular formula is C16H17N3O. The summed E-state index contributed by atoms with van der Waals surface area (Å²) in [6.07, 6.45) is 9.60. The van der Waals surface area contributed by atoms with Crippen molar-refractivity contribution in [2.75, 3.05) is 0 Å². The smallest absolute Gasteiger partial charge is 0.235 e. The third-order valence-corrected chi connectivity index (χ3v) is 4.20. The Morgan fingerprint density at radius 1 is 1.25 bits per heavy atom. The van der Waals surface area contributed by atoms with Crippen LogP contribution in [0.1, 0.15) is 37.1 Å². The van der Waals surface area contributed by atoms with Gasteiger partial charge >= 0.3 is 0 Å². The van der Waals surface area contributed by atoms with E-state index in [4.69, 9.17) is 0 Å². The van der Waals surface area contributed by atoms with E-state index in [9.17, 15) is 4.79 Å². The Hall–Kier alpha value is -2.19. The Labute approximate surface area is 118 Å². The van der Waals surface area contributed by atoms with Crippen LogP contribution < -0.4 is 0 Å². The molecule has 0 N–H and O–H groups in total. The molecule has 0 unspecified atom stereocenters. The maximum absolute atomic E-state index is 10.7. The quantitative estimate of drug-likeness (QED) is 0.633. The van der Waals surface area contributed by atoms with Crippen LogP contribution >= 0.6 is 0 Å². The van der Waals surface area contributed by atoms with Crippen LogP contribution in [0.4, 0.5) is 0 Å². The molecule has 0 spiro atoms. The molecule has 1 fully saturated rings. The predicted octanol–water partition coefficient (Wildman–Crippen LogP) is 3.29. The van der Waals surface area contributed by atoms with E-state index >= 15 is 0 Å². The molecule has 1 saturated carbocycles. The molecule has 1 aliphatic rings. The molecule has 102 valence electrons. The first kappa shape index (κ1) is 12.8. The van der Waals surface area contributed by atoms with E-state index in [0.717, 1.165) is 42.8 Å². The molecule has 0 saturated heterocycles. The minimum Gasteiger partial charge on any atom is -0.304 e. The highest BCUT2D eigenvalue weighted by atomic mass is 16.1. The second-order valence-corrected chi connectivity index (χ2v) is 5.33. The number of imidazole rings is 1. The van der Waals surface area contributed by atoms with Gasteiger partial charge in [-0.1, -0.05) is 25.0 Å². The minimum atomic E-state index is -0.343. The maximum Gasteiger partial charge on any atom is 0.235 e. The summed E-state index contributed by atoms with van der Waals surface area (Å²) in [6, 6.07) is 8.26. The van der Waals surface area contributed by atoms with Crippen molar-refractivity contribution in [3.8, 4) is 5.69 Å². The van der Waals surface area contributed by atoms with E-state index in [-0.39, 0.29) is 5.54 Å². The molecule has 4 nitrogen and oxygen atoms in total. The molecule has 0 aliphatic heterocycles. The highest BCUT2D eigenvalue weighted by Crippen LogP contribution is 2.42. The number of aromatic nitrogens is 2. The first-order valence-electron chi connectivity index (χ1n) is 6.95. The average Bonchev–Trinajstić information content (AvgIpc) is 3.09. The van der Waals surface area contributed by atoms with Crippen LogP contribution in [0.25, 0.3) is 5.69 Å². The number of aliphatic imine (C=N–C) groups is 1. The van der Waals surface area contributed by atoms with Crippen LogP contribution in [0, 0.1) is 6.92 Å². The lowest BCUT2D eigenvalue weighted by atomic mass is 9.89. The molecule has 1 aliphatic carbocycles. The zero-order valence-corrected chi connectivity index (χ0v) is 11.5. The fraction of sp³-hybridized carbons (Fsp3) is 0.375. The van der Waals surface area contributed by atoms with Crippen LogP contribution in [0.15, 0.2) is 41.7 Å². The summed E-state index contributed by atoms with van der Waals surface area (Å²) in [5.41, 5.74) is 1.84. The van der Waals surface area contributed by atoms with Crippen molar-refractivity contribution in [1.82, 2.24) is 9.55 Å². The SMILES string of the molecule is Cc1nccn1-c1ccc(C2(N=C=O)CCCC2)cc1. The van der Waals surface area contributed by atoms with Gasteiger partial charge in [-0.2, -0.15) is 4.99 Å². The summed E-state index contributed by atoms with van der Waals surface area (Å²) in [4.78, 5) is 19.1. The number of hydrogen-bond donors (Lipinski definition) is 0. The van der Waals surface area contributed by atoms with Crippen molar-refractivity contribution in [2.24, 2.45) is 4.99 Å². The maximum atomic E-state index is 10.7. The second-order valence-electron chi connectivity index (χ2n) is 5.33. The number of hydrogen-bond acceptors (Lipinski definition) is 3. The molecule has 4 heteroatoms. The summed E-state index contributed by atoms with van der Waals surface area (Å²) in [6.45, 7) is 1.98. The van der Waals surface area contributed by atoms with Crippen LogP contribution in [0.5, 0.6) is 0 Å². The molecular weight excluding hydrogens is 250 g/mol. The lowest BCUT2D eigenvalue weighted by molar-refractivity contribution is 0.456. The van der Waals surface area contributed by atoms with Gasteiger partial charge in [-0.05, 0) is 37.5 Å². The van der Waals surface area contributed by atoms with Gasteiger partial charge in [-0.15, -0.1) is 0 Å². The van der Waals surface area contributed by atoms with Gasteiger partial charge in [0.1, 0.15) is 5.82 Å². The van der Waals surface area contributed by atoms with Gasteiger partial charge in [-0.25, -0.2) is 9.78 Å². The summed E-state index contributed by atoms with van der Waals surface area (Å²) >= 11 is 0. The van der Waals surface area contributed by atoms with E-state index in [2.05, 4.69) is 34.2 Å². The number of carbonyl (C=O) groups excluding carboxylic acids is 1. The van der Waals surface area contributed by atoms with E-state index in [1.807, 2.05) is 17.7 Å². The fourth-order valence-electron chi connectivity index (χ4n) is 3.10. The number of aryl methyl sites for hydroxylation is 1. The topological polar surface area (TPSA) is 47.2 Å². The van der Waals surface area contributed by atoms with Crippen molar-refractivity contribution in [1.29, 1.82) is 0 Å². The van der Waals surface area contributed by atoms with Crippen molar-refractivity contribution in [3.05, 3.63) is 48.0 Å². The molecule has 3 rings (SSSR count). The summed E-state index contributed by atoms with van der Waals surface area (Å²) in [7, 11) is 0. The number of nitrogens with zero attached hydrogens (tertiary/aromatic N) is 3. The van der Waals surface area contributed by atoms with Crippen LogP contribution in [0.2, 0.25) is 0 Å². The Kier molecular flexibility index (Phi) is 3.25. The van der Waals surface area contributed by atoms with Gasteiger partial charge < -0.3 is 4.57 Å². The van der Waals surface area contributed by atoms with Gasteiger partial charge in [0.25, 0.3) is 0 Å². The zero-order valence-electron chi connectivity index (χ0n) is 11.5. The second kappa shape index (κ2) is 5.06. The number of isocyanates is 1. The molecule has 1 aromatic carbocycles. The summed E-state index contributed by atoms with van der Waals surface area (Å²) in [5.74, 6) is 0.958. The van der Waals surface area contributed by atoms with Crippen molar-refractivity contribution >= 4 is 6.08 Å². The third kappa shape index (κ3) is 2.08. The molecule has 1 heterocycles. The Balaban J connectivity index is 1.97. The molecule has 20 heavy (non-hydrogen) atoms. The van der Waals surface area contributed by atoms with Crippen LogP contribution in [-0.2, 0) is 10.3 Å². The Morgan fingerprint density at radius 2 is 1.95 bits per heavy atom. The number of benzene rings is 1. The Morgan fingerprint density at radius 3 is 2.50 bits per heavy atom. The molecule has 0 radical (unpaired) electrons. The van der Waals surface area contributed by atoms with Crippen molar-refractivity contribution in [3.63, 3.8) is 0 Å². The van der Waals surface area contributed by atoms with E-state index in [1.54, 1.807) is 12.3 Å². The van der Waals surface area contributed by atoms with Gasteiger partial charge in [0.15, 0.2) is 0 Å². The van der Waals surface area contributed by atoms with Crippen molar-refractivity contribution in [2.45, 2.75) is 38.1 Å². The molecule has 0 atom stereocenters. The minimum absolute atomic E-state index is 0.343. The molecule has 2 aromatic rings. The standard InChI is InChI=1S/C16H17N3O/c1-13-17-10-11-19(13)15-6-4-14(5-7-15)16(18-12-20)8-2-3-9-16/h4-7,10-11H,2-3,8-9H2,1H3. The first-order chi connectivity index (χ1) is 9.75. The lowest BCUT2D eigenvalue weighted by Gasteiger charge is -2.23. The van der Waals surface area contributed by atoms with Gasteiger partial charge in [0.05, 0.1) is 5.54 Å². The summed E-state index contributed by atoms with van der Waals surface area (Å²) < 4.78 is 2.04. The predicted molar refractivity (Wildman–Crippen MR) is 76.6 cm³/mol. The van der Waals surface area contributed by atoms with E-state index in [1.165, 1.54) is 0 Å². The lowest BCUT2D eigenvalue weighted by Crippen LogP contribution is -2.18. The van der Waals surface area contributed by atoms with Gasteiger partial charge in [-0.3, -0.25) is 0 Å². The van der Waals surface area contributed by atoms with E-state index < -0.39 is 0 Å². The first-order valence-corrected chi connectivity index (χ1v) is 6.95. The molecule has 1 aromatic heterocycles. The highest BCUT2D eigenvalue weighted by molar-refractivity contribution is 5.42. The van der Waals surface area contributed by atoms with Crippen LogP contribution in [0.3, 0.4) is 0 Å². The Bertz CT molecular complexity index is 645. The van der Waals surface area contributed by atoms with Gasteiger partial charge in [0.2, 0.25) is 6.08 Å². The monoisotopic (exact) mass is 267 g/mol. The van der Waals surface area contributed by atoms with Crippen LogP contribution in [-0.4, -0.2) is 15.6 Å². The largest absolute Gasteiger partial charge is 0.304 e. The molecule has 0 amide bonds. The van der Waals surface area contributed by atoms with Crippen molar-refractivity contribution < 1.29 is 4.79 Å². The number of rotatable bonds is 3. The van der Waals surface area contributed by atoms with E-state index in [0.29, 0.717) is 0 Å². The third-order valence-electron chi connectivity index (χ3n) is 4.20. The zero-order chi connectivity index (χ0) is 14.0. The summed E-state index contributed by atoms with van der Waals surface area (Å²) in [5, 5.41) is 0. The highest BCUT2D eigenvalue weighted by Gasteiger charge is 2.35. The van der Waals surface area contributed by atoms with Gasteiger partial charge in [0, 0.05) is 18.1 Å².